The number of benzene rings is 2. The van der Waals surface area contributed by atoms with Crippen LogP contribution in [0.4, 0.5) is 5.69 Å². The second-order valence-electron chi connectivity index (χ2n) is 5.39. The molecule has 0 aliphatic heterocycles. The van der Waals surface area contributed by atoms with Crippen LogP contribution in [0.2, 0.25) is 0 Å². The zero-order chi connectivity index (χ0) is 18.4. The van der Waals surface area contributed by atoms with E-state index in [9.17, 15) is 13.2 Å². The van der Waals surface area contributed by atoms with E-state index in [1.54, 1.807) is 42.5 Å². The molecule has 0 fully saturated rings. The minimum absolute atomic E-state index is 0.114. The zero-order valence-corrected chi connectivity index (χ0v) is 14.9. The zero-order valence-electron chi connectivity index (χ0n) is 14.1. The van der Waals surface area contributed by atoms with Crippen molar-refractivity contribution in [2.24, 2.45) is 0 Å². The number of rotatable bonds is 7. The molecule has 0 spiro atoms. The van der Waals surface area contributed by atoms with Crippen molar-refractivity contribution in [3.05, 3.63) is 66.7 Å². The van der Waals surface area contributed by atoms with Crippen LogP contribution in [0.15, 0.2) is 66.1 Å². The minimum atomic E-state index is -3.56. The van der Waals surface area contributed by atoms with Crippen molar-refractivity contribution in [2.45, 2.75) is 4.90 Å². The van der Waals surface area contributed by atoms with Crippen LogP contribution in [-0.2, 0) is 10.0 Å². The SMILES string of the molecule is C=CCOc1ccc(C(=O)Nc2cccc(S(=O)(=O)N(C)C)c2)cc1. The van der Waals surface area contributed by atoms with Crippen LogP contribution in [-0.4, -0.2) is 39.3 Å². The first-order valence-electron chi connectivity index (χ1n) is 7.52. The van der Waals surface area contributed by atoms with Gasteiger partial charge in [0, 0.05) is 25.3 Å². The first kappa shape index (κ1) is 18.7. The average Bonchev–Trinajstić information content (AvgIpc) is 2.60. The van der Waals surface area contributed by atoms with Crippen molar-refractivity contribution in [1.29, 1.82) is 0 Å². The van der Waals surface area contributed by atoms with Crippen LogP contribution in [0.1, 0.15) is 10.4 Å². The van der Waals surface area contributed by atoms with E-state index in [0.717, 1.165) is 4.31 Å². The number of carbonyl (C=O) groups excluding carboxylic acids is 1. The summed E-state index contributed by atoms with van der Waals surface area (Å²) in [4.78, 5) is 12.4. The van der Waals surface area contributed by atoms with Gasteiger partial charge in [-0.15, -0.1) is 0 Å². The average molecular weight is 360 g/mol. The van der Waals surface area contributed by atoms with Crippen molar-refractivity contribution in [3.63, 3.8) is 0 Å². The lowest BCUT2D eigenvalue weighted by Gasteiger charge is -2.13. The summed E-state index contributed by atoms with van der Waals surface area (Å²) in [5.41, 5.74) is 0.840. The molecule has 0 unspecified atom stereocenters. The fraction of sp³-hybridized carbons (Fsp3) is 0.167. The third kappa shape index (κ3) is 4.68. The molecule has 0 aliphatic rings. The Bertz CT molecular complexity index is 859. The number of nitrogens with one attached hydrogen (secondary N) is 1. The van der Waals surface area contributed by atoms with E-state index in [2.05, 4.69) is 11.9 Å². The lowest BCUT2D eigenvalue weighted by molar-refractivity contribution is 0.102. The molecule has 0 heterocycles. The molecular weight excluding hydrogens is 340 g/mol. The Labute approximate surface area is 147 Å². The molecule has 7 heteroatoms. The van der Waals surface area contributed by atoms with Crippen molar-refractivity contribution in [2.75, 3.05) is 26.0 Å². The van der Waals surface area contributed by atoms with Crippen molar-refractivity contribution < 1.29 is 17.9 Å². The van der Waals surface area contributed by atoms with Crippen LogP contribution in [0.5, 0.6) is 5.75 Å². The first-order valence-corrected chi connectivity index (χ1v) is 8.96. The van der Waals surface area contributed by atoms with E-state index in [-0.39, 0.29) is 10.8 Å². The number of hydrogen-bond donors (Lipinski definition) is 1. The van der Waals surface area contributed by atoms with Crippen LogP contribution < -0.4 is 10.1 Å². The maximum atomic E-state index is 12.3. The monoisotopic (exact) mass is 360 g/mol. The number of anilines is 1. The predicted molar refractivity (Wildman–Crippen MR) is 97.4 cm³/mol. The summed E-state index contributed by atoms with van der Waals surface area (Å²) >= 11 is 0. The number of hydrogen-bond acceptors (Lipinski definition) is 4. The molecule has 6 nitrogen and oxygen atoms in total. The number of nitrogens with zero attached hydrogens (tertiary/aromatic N) is 1. The van der Waals surface area contributed by atoms with Gasteiger partial charge in [-0.2, -0.15) is 0 Å². The molecule has 0 saturated heterocycles. The molecule has 2 aromatic carbocycles. The smallest absolute Gasteiger partial charge is 0.255 e. The van der Waals surface area contributed by atoms with Crippen LogP contribution in [0.3, 0.4) is 0 Å². The van der Waals surface area contributed by atoms with E-state index < -0.39 is 10.0 Å². The molecule has 1 N–H and O–H groups in total. The Kier molecular flexibility index (Phi) is 5.95. The third-order valence-corrected chi connectivity index (χ3v) is 5.17. The highest BCUT2D eigenvalue weighted by molar-refractivity contribution is 7.89. The summed E-state index contributed by atoms with van der Waals surface area (Å²) in [7, 11) is -0.647. The molecule has 2 rings (SSSR count). The second kappa shape index (κ2) is 7.96. The molecule has 25 heavy (non-hydrogen) atoms. The van der Waals surface area contributed by atoms with Gasteiger partial charge in [0.05, 0.1) is 4.90 Å². The normalized spacial score (nSPS) is 11.2. The van der Waals surface area contributed by atoms with Crippen LogP contribution in [0, 0.1) is 0 Å². The number of sulfonamides is 1. The fourth-order valence-corrected chi connectivity index (χ4v) is 2.95. The van der Waals surface area contributed by atoms with E-state index >= 15 is 0 Å². The van der Waals surface area contributed by atoms with Gasteiger partial charge in [0.1, 0.15) is 12.4 Å². The Morgan fingerprint density at radius 2 is 1.88 bits per heavy atom. The van der Waals surface area contributed by atoms with E-state index in [4.69, 9.17) is 4.74 Å². The maximum Gasteiger partial charge on any atom is 0.255 e. The summed E-state index contributed by atoms with van der Waals surface area (Å²) in [6.07, 6.45) is 1.63. The highest BCUT2D eigenvalue weighted by atomic mass is 32.2. The Balaban J connectivity index is 2.14. The Morgan fingerprint density at radius 1 is 1.20 bits per heavy atom. The van der Waals surface area contributed by atoms with Gasteiger partial charge in [0.15, 0.2) is 0 Å². The first-order chi connectivity index (χ1) is 11.8. The van der Waals surface area contributed by atoms with Gasteiger partial charge in [0.2, 0.25) is 10.0 Å². The van der Waals surface area contributed by atoms with Crippen molar-refractivity contribution >= 4 is 21.6 Å². The molecule has 132 valence electrons. The second-order valence-corrected chi connectivity index (χ2v) is 7.55. The lowest BCUT2D eigenvalue weighted by atomic mass is 10.2. The minimum Gasteiger partial charge on any atom is -0.490 e. The topological polar surface area (TPSA) is 75.7 Å². The Hall–Kier alpha value is -2.64. The number of amides is 1. The largest absolute Gasteiger partial charge is 0.490 e. The van der Waals surface area contributed by atoms with Crippen LogP contribution in [0.25, 0.3) is 0 Å². The van der Waals surface area contributed by atoms with Gasteiger partial charge in [-0.05, 0) is 42.5 Å². The molecule has 0 atom stereocenters. The molecular formula is C18H20N2O4S. The molecule has 0 bridgehead atoms. The highest BCUT2D eigenvalue weighted by Gasteiger charge is 2.17. The predicted octanol–water partition coefficient (Wildman–Crippen LogP) is 2.75. The van der Waals surface area contributed by atoms with E-state index in [0.29, 0.717) is 23.6 Å². The quantitative estimate of drug-likeness (QED) is 0.771. The summed E-state index contributed by atoms with van der Waals surface area (Å²) in [6.45, 7) is 3.96. The van der Waals surface area contributed by atoms with Crippen molar-refractivity contribution in [1.82, 2.24) is 4.31 Å². The number of carbonyl (C=O) groups is 1. The summed E-state index contributed by atoms with van der Waals surface area (Å²) in [5, 5.41) is 2.69. The van der Waals surface area contributed by atoms with Crippen LogP contribution >= 0.6 is 0 Å². The lowest BCUT2D eigenvalue weighted by Crippen LogP contribution is -2.22. The van der Waals surface area contributed by atoms with Gasteiger partial charge < -0.3 is 10.1 Å². The molecule has 0 aliphatic carbocycles. The van der Waals surface area contributed by atoms with E-state index in [1.807, 2.05) is 0 Å². The number of ether oxygens (including phenoxy) is 1. The highest BCUT2D eigenvalue weighted by Crippen LogP contribution is 2.19. The van der Waals surface area contributed by atoms with Gasteiger partial charge in [0.25, 0.3) is 5.91 Å². The van der Waals surface area contributed by atoms with E-state index in [1.165, 1.54) is 26.2 Å². The summed E-state index contributed by atoms with van der Waals surface area (Å²) < 4.78 is 30.8. The van der Waals surface area contributed by atoms with Gasteiger partial charge in [-0.25, -0.2) is 12.7 Å². The summed E-state index contributed by atoms with van der Waals surface area (Å²) in [6, 6.07) is 12.8. The molecule has 1 amide bonds. The maximum absolute atomic E-state index is 12.3. The molecule has 0 aromatic heterocycles. The molecule has 2 aromatic rings. The van der Waals surface area contributed by atoms with Gasteiger partial charge >= 0.3 is 0 Å². The van der Waals surface area contributed by atoms with Gasteiger partial charge in [-0.3, -0.25) is 4.79 Å². The standard InChI is InChI=1S/C18H20N2O4S/c1-4-12-24-16-10-8-14(9-11-16)18(21)19-15-6-5-7-17(13-15)25(22,23)20(2)3/h4-11,13H,1,12H2,2-3H3,(H,19,21). The fourth-order valence-electron chi connectivity index (χ4n) is 2.01. The molecule has 0 radical (unpaired) electrons. The summed E-state index contributed by atoms with van der Waals surface area (Å²) in [5.74, 6) is 0.296. The van der Waals surface area contributed by atoms with Crippen molar-refractivity contribution in [3.8, 4) is 5.75 Å². The molecule has 0 saturated carbocycles. The van der Waals surface area contributed by atoms with Gasteiger partial charge in [-0.1, -0.05) is 18.7 Å². The Morgan fingerprint density at radius 3 is 2.48 bits per heavy atom. The third-order valence-electron chi connectivity index (χ3n) is 3.35.